The molecule has 1 heterocycles. The van der Waals surface area contributed by atoms with E-state index in [4.69, 9.17) is 14.2 Å². The second kappa shape index (κ2) is 6.26. The summed E-state index contributed by atoms with van der Waals surface area (Å²) in [6, 6.07) is 7.73. The quantitative estimate of drug-likeness (QED) is 0.868. The maximum atomic E-state index is 12.7. The summed E-state index contributed by atoms with van der Waals surface area (Å²) in [4.78, 5) is 12.7. The minimum absolute atomic E-state index is 0.0411. The third kappa shape index (κ3) is 2.83. The fourth-order valence-electron chi connectivity index (χ4n) is 3.04. The van der Waals surface area contributed by atoms with Crippen LogP contribution in [0.5, 0.6) is 5.75 Å². The van der Waals surface area contributed by atoms with Gasteiger partial charge in [0, 0.05) is 6.61 Å². The smallest absolute Gasteiger partial charge is 0.231 e. The zero-order chi connectivity index (χ0) is 15.6. The number of amides is 1. The molecule has 5 heteroatoms. The standard InChI is InChI=1S/C17H23NO4/c1-3-22-15-11-21-10-14(15)18-16(19)17(8-9-17)12-4-6-13(20-2)7-5-12/h4-7,14-15H,3,8-11H2,1-2H3,(H,18,19). The average molecular weight is 305 g/mol. The second-order valence-electron chi connectivity index (χ2n) is 5.92. The molecular weight excluding hydrogens is 282 g/mol. The van der Waals surface area contributed by atoms with Crippen molar-refractivity contribution in [3.63, 3.8) is 0 Å². The summed E-state index contributed by atoms with van der Waals surface area (Å²) in [5, 5.41) is 3.12. The van der Waals surface area contributed by atoms with Crippen LogP contribution in [0.2, 0.25) is 0 Å². The van der Waals surface area contributed by atoms with Crippen LogP contribution in [0.1, 0.15) is 25.3 Å². The molecule has 1 saturated carbocycles. The van der Waals surface area contributed by atoms with Gasteiger partial charge in [-0.3, -0.25) is 4.79 Å². The van der Waals surface area contributed by atoms with Gasteiger partial charge in [0.1, 0.15) is 11.9 Å². The molecule has 1 aromatic carbocycles. The number of rotatable bonds is 6. The summed E-state index contributed by atoms with van der Waals surface area (Å²) in [6.07, 6.45) is 1.73. The highest BCUT2D eigenvalue weighted by molar-refractivity contribution is 5.91. The lowest BCUT2D eigenvalue weighted by molar-refractivity contribution is -0.125. The Hall–Kier alpha value is -1.59. The van der Waals surface area contributed by atoms with Crippen LogP contribution in [0.15, 0.2) is 24.3 Å². The van der Waals surface area contributed by atoms with E-state index in [1.165, 1.54) is 0 Å². The lowest BCUT2D eigenvalue weighted by Gasteiger charge is -2.23. The predicted molar refractivity (Wildman–Crippen MR) is 82.1 cm³/mol. The fraction of sp³-hybridized carbons (Fsp3) is 0.588. The highest BCUT2D eigenvalue weighted by Crippen LogP contribution is 2.48. The number of methoxy groups -OCH3 is 1. The van der Waals surface area contributed by atoms with Gasteiger partial charge in [-0.05, 0) is 37.5 Å². The Kier molecular flexibility index (Phi) is 4.36. The molecule has 0 spiro atoms. The molecule has 0 bridgehead atoms. The molecule has 3 rings (SSSR count). The van der Waals surface area contributed by atoms with E-state index in [1.807, 2.05) is 31.2 Å². The van der Waals surface area contributed by atoms with Gasteiger partial charge in [-0.25, -0.2) is 0 Å². The number of ether oxygens (including phenoxy) is 3. The molecule has 22 heavy (non-hydrogen) atoms. The number of carbonyl (C=O) groups excluding carboxylic acids is 1. The van der Waals surface area contributed by atoms with Crippen molar-refractivity contribution in [3.8, 4) is 5.75 Å². The van der Waals surface area contributed by atoms with Crippen molar-refractivity contribution in [2.24, 2.45) is 0 Å². The van der Waals surface area contributed by atoms with Crippen molar-refractivity contribution in [1.82, 2.24) is 5.32 Å². The molecule has 2 unspecified atom stereocenters. The molecule has 0 radical (unpaired) electrons. The van der Waals surface area contributed by atoms with E-state index in [0.29, 0.717) is 19.8 Å². The first-order valence-electron chi connectivity index (χ1n) is 7.84. The molecule has 2 aliphatic rings. The maximum absolute atomic E-state index is 12.7. The molecule has 1 N–H and O–H groups in total. The van der Waals surface area contributed by atoms with Gasteiger partial charge in [-0.15, -0.1) is 0 Å². The summed E-state index contributed by atoms with van der Waals surface area (Å²) >= 11 is 0. The number of nitrogens with one attached hydrogen (secondary N) is 1. The summed E-state index contributed by atoms with van der Waals surface area (Å²) in [7, 11) is 1.64. The number of carbonyl (C=O) groups is 1. The van der Waals surface area contributed by atoms with E-state index in [9.17, 15) is 4.79 Å². The minimum atomic E-state index is -0.383. The molecule has 1 aliphatic carbocycles. The summed E-state index contributed by atoms with van der Waals surface area (Å²) < 4.78 is 16.2. The van der Waals surface area contributed by atoms with Crippen LogP contribution in [-0.2, 0) is 19.7 Å². The van der Waals surface area contributed by atoms with Crippen molar-refractivity contribution in [2.45, 2.75) is 37.3 Å². The first-order valence-corrected chi connectivity index (χ1v) is 7.84. The first kappa shape index (κ1) is 15.3. The van der Waals surface area contributed by atoms with Gasteiger partial charge in [0.2, 0.25) is 5.91 Å². The van der Waals surface area contributed by atoms with Crippen LogP contribution < -0.4 is 10.1 Å². The number of hydrogen-bond acceptors (Lipinski definition) is 4. The third-order valence-electron chi connectivity index (χ3n) is 4.55. The highest BCUT2D eigenvalue weighted by atomic mass is 16.5. The number of benzene rings is 1. The van der Waals surface area contributed by atoms with E-state index in [2.05, 4.69) is 5.32 Å². The molecule has 5 nitrogen and oxygen atoms in total. The van der Waals surface area contributed by atoms with Crippen molar-refractivity contribution in [2.75, 3.05) is 26.9 Å². The minimum Gasteiger partial charge on any atom is -0.497 e. The molecule has 2 fully saturated rings. The molecule has 120 valence electrons. The van der Waals surface area contributed by atoms with E-state index in [1.54, 1.807) is 7.11 Å². The molecular formula is C17H23NO4. The Morgan fingerprint density at radius 2 is 2.05 bits per heavy atom. The maximum Gasteiger partial charge on any atom is 0.231 e. The lowest BCUT2D eigenvalue weighted by Crippen LogP contribution is -2.47. The lowest BCUT2D eigenvalue weighted by atomic mass is 9.94. The van der Waals surface area contributed by atoms with Gasteiger partial charge < -0.3 is 19.5 Å². The second-order valence-corrected chi connectivity index (χ2v) is 5.92. The SMILES string of the molecule is CCOC1COCC1NC(=O)C1(c2ccc(OC)cc2)CC1. The largest absolute Gasteiger partial charge is 0.497 e. The van der Waals surface area contributed by atoms with Crippen LogP contribution in [0.3, 0.4) is 0 Å². The Labute approximate surface area is 130 Å². The van der Waals surface area contributed by atoms with Gasteiger partial charge in [-0.1, -0.05) is 12.1 Å². The third-order valence-corrected chi connectivity index (χ3v) is 4.55. The van der Waals surface area contributed by atoms with Crippen LogP contribution >= 0.6 is 0 Å². The summed E-state index contributed by atoms with van der Waals surface area (Å²) in [6.45, 7) is 3.66. The van der Waals surface area contributed by atoms with E-state index < -0.39 is 0 Å². The topological polar surface area (TPSA) is 56.8 Å². The molecule has 2 atom stereocenters. The normalized spacial score (nSPS) is 25.7. The van der Waals surface area contributed by atoms with E-state index >= 15 is 0 Å². The van der Waals surface area contributed by atoms with Gasteiger partial charge in [0.15, 0.2) is 0 Å². The van der Waals surface area contributed by atoms with Crippen LogP contribution in [0.4, 0.5) is 0 Å². The van der Waals surface area contributed by atoms with Gasteiger partial charge in [0.25, 0.3) is 0 Å². The van der Waals surface area contributed by atoms with E-state index in [-0.39, 0.29) is 23.5 Å². The predicted octanol–water partition coefficient (Wildman–Crippen LogP) is 1.65. The van der Waals surface area contributed by atoms with E-state index in [0.717, 1.165) is 24.2 Å². The summed E-state index contributed by atoms with van der Waals surface area (Å²) in [5.41, 5.74) is 0.670. The zero-order valence-corrected chi connectivity index (χ0v) is 13.1. The van der Waals surface area contributed by atoms with Gasteiger partial charge >= 0.3 is 0 Å². The van der Waals surface area contributed by atoms with Gasteiger partial charge in [-0.2, -0.15) is 0 Å². The van der Waals surface area contributed by atoms with Crippen LogP contribution in [0, 0.1) is 0 Å². The van der Waals surface area contributed by atoms with Crippen molar-refractivity contribution in [1.29, 1.82) is 0 Å². The molecule has 1 aromatic rings. The van der Waals surface area contributed by atoms with Crippen molar-refractivity contribution < 1.29 is 19.0 Å². The van der Waals surface area contributed by atoms with Gasteiger partial charge in [0.05, 0.1) is 31.8 Å². The highest BCUT2D eigenvalue weighted by Gasteiger charge is 2.52. The molecule has 1 amide bonds. The van der Waals surface area contributed by atoms with Crippen molar-refractivity contribution in [3.05, 3.63) is 29.8 Å². The van der Waals surface area contributed by atoms with Crippen molar-refractivity contribution >= 4 is 5.91 Å². The monoisotopic (exact) mass is 305 g/mol. The zero-order valence-electron chi connectivity index (χ0n) is 13.1. The fourth-order valence-corrected chi connectivity index (χ4v) is 3.04. The molecule has 1 saturated heterocycles. The Morgan fingerprint density at radius 1 is 1.32 bits per heavy atom. The van der Waals surface area contributed by atoms with Crippen LogP contribution in [0.25, 0.3) is 0 Å². The average Bonchev–Trinajstić information content (AvgIpc) is 3.25. The molecule has 1 aliphatic heterocycles. The van der Waals surface area contributed by atoms with Crippen LogP contribution in [-0.4, -0.2) is 45.0 Å². The first-order chi connectivity index (χ1) is 10.7. The Morgan fingerprint density at radius 3 is 2.64 bits per heavy atom. The molecule has 0 aromatic heterocycles. The Balaban J connectivity index is 1.68. The number of hydrogen-bond donors (Lipinski definition) is 1. The summed E-state index contributed by atoms with van der Waals surface area (Å²) in [5.74, 6) is 0.887. The Bertz CT molecular complexity index is 524.